The van der Waals surface area contributed by atoms with E-state index in [9.17, 15) is 29.4 Å². The van der Waals surface area contributed by atoms with Gasteiger partial charge in [-0.25, -0.2) is 9.59 Å². The molecule has 8 nitrogen and oxygen atoms in total. The van der Waals surface area contributed by atoms with Crippen molar-refractivity contribution < 1.29 is 29.4 Å². The van der Waals surface area contributed by atoms with Gasteiger partial charge in [0.15, 0.2) is 0 Å². The standard InChI is InChI=1S/C24H13BrN2O6/c25-15-7-14(22(27)29)17-11(21(26)28)4-1-9-8-2-5-12(23(30)31)18-13(24(32)33)6-3-10(16(8)18)19(15)20(9)17/h1-7H,(H2,26,28)(H2,27,29)(H,30,31)(H,32,33). The van der Waals surface area contributed by atoms with Crippen LogP contribution in [0.3, 0.4) is 0 Å². The van der Waals surface area contributed by atoms with Crippen molar-refractivity contribution in [1.82, 2.24) is 0 Å². The minimum atomic E-state index is -1.26. The van der Waals surface area contributed by atoms with Gasteiger partial charge in [-0.1, -0.05) is 34.1 Å². The SMILES string of the molecule is NC(=O)c1ccc2c3ccc(C(=O)O)c4c(C(=O)O)ccc(c5c(Br)cc(C(N)=O)c1c25)c43. The summed E-state index contributed by atoms with van der Waals surface area (Å²) in [5, 5.41) is 23.1. The second kappa shape index (κ2) is 6.88. The molecule has 33 heavy (non-hydrogen) atoms. The third-order valence-electron chi connectivity index (χ3n) is 5.95. The van der Waals surface area contributed by atoms with E-state index in [0.717, 1.165) is 0 Å². The Bertz CT molecular complexity index is 1720. The molecule has 0 bridgehead atoms. The van der Waals surface area contributed by atoms with Gasteiger partial charge in [0.05, 0.1) is 11.1 Å². The largest absolute Gasteiger partial charge is 0.478 e. The second-order valence-corrected chi connectivity index (χ2v) is 8.46. The first-order valence-corrected chi connectivity index (χ1v) is 10.4. The number of hydrogen-bond donors (Lipinski definition) is 4. The molecule has 0 atom stereocenters. The van der Waals surface area contributed by atoms with Crippen molar-refractivity contribution in [2.75, 3.05) is 0 Å². The topological polar surface area (TPSA) is 161 Å². The number of carboxylic acids is 2. The van der Waals surface area contributed by atoms with E-state index in [1.165, 1.54) is 24.3 Å². The van der Waals surface area contributed by atoms with E-state index >= 15 is 0 Å². The van der Waals surface area contributed by atoms with Gasteiger partial charge < -0.3 is 21.7 Å². The van der Waals surface area contributed by atoms with Crippen LogP contribution in [0.15, 0.2) is 46.9 Å². The third-order valence-corrected chi connectivity index (χ3v) is 6.57. The number of amides is 2. The zero-order chi connectivity index (χ0) is 23.8. The Hall–Kier alpha value is -4.24. The summed E-state index contributed by atoms with van der Waals surface area (Å²) in [4.78, 5) is 48.4. The average Bonchev–Trinajstić information content (AvgIpc) is 2.76. The van der Waals surface area contributed by atoms with Crippen LogP contribution in [0.5, 0.6) is 0 Å². The van der Waals surface area contributed by atoms with Crippen molar-refractivity contribution in [3.8, 4) is 0 Å². The van der Waals surface area contributed by atoms with Crippen molar-refractivity contribution in [2.24, 2.45) is 11.5 Å². The van der Waals surface area contributed by atoms with Gasteiger partial charge in [0, 0.05) is 37.1 Å². The molecule has 5 rings (SSSR count). The van der Waals surface area contributed by atoms with Gasteiger partial charge in [-0.05, 0) is 45.8 Å². The molecule has 2 amide bonds. The highest BCUT2D eigenvalue weighted by Gasteiger charge is 2.26. The molecular formula is C24H13BrN2O6. The van der Waals surface area contributed by atoms with Crippen molar-refractivity contribution in [3.05, 3.63) is 69.2 Å². The molecule has 5 aromatic rings. The fourth-order valence-electron chi connectivity index (χ4n) is 4.70. The maximum Gasteiger partial charge on any atom is 0.336 e. The van der Waals surface area contributed by atoms with Crippen LogP contribution in [-0.4, -0.2) is 34.0 Å². The number of nitrogens with two attached hydrogens (primary N) is 2. The zero-order valence-corrected chi connectivity index (χ0v) is 18.2. The number of aromatic carboxylic acids is 2. The first-order chi connectivity index (χ1) is 15.6. The van der Waals surface area contributed by atoms with Crippen LogP contribution in [0.25, 0.3) is 43.1 Å². The molecule has 5 aromatic carbocycles. The van der Waals surface area contributed by atoms with E-state index in [2.05, 4.69) is 15.9 Å². The number of carbonyl (C=O) groups is 4. The minimum Gasteiger partial charge on any atom is -0.478 e. The van der Waals surface area contributed by atoms with Crippen molar-refractivity contribution in [3.63, 3.8) is 0 Å². The summed E-state index contributed by atoms with van der Waals surface area (Å²) in [6, 6.07) is 10.5. The van der Waals surface area contributed by atoms with Gasteiger partial charge in [-0.2, -0.15) is 0 Å². The third kappa shape index (κ3) is 2.69. The molecule has 0 unspecified atom stereocenters. The number of carboxylic acid groups (broad SMARTS) is 2. The lowest BCUT2D eigenvalue weighted by atomic mass is 9.84. The Balaban J connectivity index is 2.21. The van der Waals surface area contributed by atoms with Crippen LogP contribution in [0.4, 0.5) is 0 Å². The fourth-order valence-corrected chi connectivity index (χ4v) is 5.35. The van der Waals surface area contributed by atoms with Gasteiger partial charge in [0.25, 0.3) is 0 Å². The Morgan fingerprint density at radius 1 is 0.576 bits per heavy atom. The molecular weight excluding hydrogens is 492 g/mol. The van der Waals surface area contributed by atoms with E-state index in [1.54, 1.807) is 18.2 Å². The van der Waals surface area contributed by atoms with Gasteiger partial charge in [-0.15, -0.1) is 0 Å². The van der Waals surface area contributed by atoms with E-state index in [4.69, 9.17) is 11.5 Å². The van der Waals surface area contributed by atoms with Crippen LogP contribution in [0, 0.1) is 0 Å². The van der Waals surface area contributed by atoms with Crippen LogP contribution >= 0.6 is 15.9 Å². The molecule has 0 aliphatic carbocycles. The first kappa shape index (κ1) is 20.7. The molecule has 0 heterocycles. The summed E-state index contributed by atoms with van der Waals surface area (Å²) in [6.07, 6.45) is 0. The highest BCUT2D eigenvalue weighted by molar-refractivity contribution is 9.10. The molecule has 162 valence electrons. The van der Waals surface area contributed by atoms with Gasteiger partial charge in [-0.3, -0.25) is 9.59 Å². The quantitative estimate of drug-likeness (QED) is 0.213. The van der Waals surface area contributed by atoms with E-state index in [-0.39, 0.29) is 33.0 Å². The molecule has 0 radical (unpaired) electrons. The number of hydrogen-bond acceptors (Lipinski definition) is 4. The molecule has 9 heteroatoms. The maximum atomic E-state index is 12.3. The van der Waals surface area contributed by atoms with Gasteiger partial charge in [0.1, 0.15) is 0 Å². The number of benzene rings is 5. The molecule has 6 N–H and O–H groups in total. The Kier molecular flexibility index (Phi) is 4.30. The number of carbonyl (C=O) groups excluding carboxylic acids is 2. The summed E-state index contributed by atoms with van der Waals surface area (Å²) >= 11 is 3.48. The predicted octanol–water partition coefficient (Wildman–Crippen LogP) is 4.09. The number of fused-ring (bicyclic) bond motifs is 2. The van der Waals surface area contributed by atoms with Crippen LogP contribution in [0.1, 0.15) is 41.4 Å². The molecule has 0 aliphatic heterocycles. The van der Waals surface area contributed by atoms with Gasteiger partial charge in [0.2, 0.25) is 11.8 Å². The highest BCUT2D eigenvalue weighted by Crippen LogP contribution is 2.46. The fraction of sp³-hybridized carbons (Fsp3) is 0. The van der Waals surface area contributed by atoms with Crippen LogP contribution in [-0.2, 0) is 0 Å². The second-order valence-electron chi connectivity index (χ2n) is 7.60. The first-order valence-electron chi connectivity index (χ1n) is 9.59. The van der Waals surface area contributed by atoms with E-state index in [1.807, 2.05) is 0 Å². The minimum absolute atomic E-state index is 0.0913. The van der Waals surface area contributed by atoms with Crippen LogP contribution < -0.4 is 11.5 Å². The number of primary amides is 2. The zero-order valence-electron chi connectivity index (χ0n) is 16.6. The molecule has 0 spiro atoms. The molecule has 0 saturated carbocycles. The lowest BCUT2D eigenvalue weighted by molar-refractivity contribution is 0.0695. The molecule has 0 aromatic heterocycles. The summed E-state index contributed by atoms with van der Waals surface area (Å²) < 4.78 is 0.474. The van der Waals surface area contributed by atoms with E-state index in [0.29, 0.717) is 36.8 Å². The summed E-state index contributed by atoms with van der Waals surface area (Å²) in [5.74, 6) is -4.01. The molecule has 0 fully saturated rings. The summed E-state index contributed by atoms with van der Waals surface area (Å²) in [7, 11) is 0. The maximum absolute atomic E-state index is 12.3. The highest BCUT2D eigenvalue weighted by atomic mass is 79.9. The predicted molar refractivity (Wildman–Crippen MR) is 126 cm³/mol. The Morgan fingerprint density at radius 3 is 1.55 bits per heavy atom. The molecule has 0 saturated heterocycles. The summed E-state index contributed by atoms with van der Waals surface area (Å²) in [5.41, 5.74) is 11.1. The van der Waals surface area contributed by atoms with Crippen molar-refractivity contribution in [1.29, 1.82) is 0 Å². The van der Waals surface area contributed by atoms with Crippen molar-refractivity contribution in [2.45, 2.75) is 0 Å². The lowest BCUT2D eigenvalue weighted by Gasteiger charge is -2.20. The van der Waals surface area contributed by atoms with E-state index < -0.39 is 23.8 Å². The van der Waals surface area contributed by atoms with Crippen molar-refractivity contribution >= 4 is 82.8 Å². The van der Waals surface area contributed by atoms with Gasteiger partial charge >= 0.3 is 11.9 Å². The summed E-state index contributed by atoms with van der Waals surface area (Å²) in [6.45, 7) is 0. The normalized spacial score (nSPS) is 11.5. The monoisotopic (exact) mass is 504 g/mol. The Morgan fingerprint density at radius 2 is 1.03 bits per heavy atom. The Labute approximate surface area is 192 Å². The van der Waals surface area contributed by atoms with Crippen LogP contribution in [0.2, 0.25) is 0 Å². The average molecular weight is 505 g/mol. The smallest absolute Gasteiger partial charge is 0.336 e. The lowest BCUT2D eigenvalue weighted by Crippen LogP contribution is -2.16. The number of rotatable bonds is 4. The number of halogens is 1. The molecule has 0 aliphatic rings.